The number of nitrogens with one attached hydrogen (secondary N) is 4. The fourth-order valence-corrected chi connectivity index (χ4v) is 11.9. The number of nitro groups is 2. The lowest BCUT2D eigenvalue weighted by atomic mass is 10.2. The third-order valence-corrected chi connectivity index (χ3v) is 17.1. The highest BCUT2D eigenvalue weighted by Gasteiger charge is 2.31. The monoisotopic (exact) mass is 1640 g/mol. The molecule has 119 heavy (non-hydrogen) atoms. The lowest BCUT2D eigenvalue weighted by Gasteiger charge is -2.12. The van der Waals surface area contributed by atoms with Gasteiger partial charge in [-0.25, -0.2) is 24.3 Å². The number of hydrogen-bond donors (Lipinski definition) is 8. The maximum atomic E-state index is 14.6. The summed E-state index contributed by atoms with van der Waals surface area (Å²) in [5.41, 5.74) is 28.7. The Labute approximate surface area is 662 Å². The zero-order valence-corrected chi connectivity index (χ0v) is 62.0. The van der Waals surface area contributed by atoms with E-state index in [1.54, 1.807) is 68.0 Å². The summed E-state index contributed by atoms with van der Waals surface area (Å²) in [4.78, 5) is 72.6. The normalized spacial score (nSPS) is 11.2. The molecule has 0 amide bonds. The van der Waals surface area contributed by atoms with Gasteiger partial charge in [-0.2, -0.15) is 79.4 Å². The van der Waals surface area contributed by atoms with Gasteiger partial charge in [-0.1, -0.05) is 24.3 Å². The number of nitro benzene ring substituents is 2. The third-order valence-electron chi connectivity index (χ3n) is 17.1. The summed E-state index contributed by atoms with van der Waals surface area (Å²) in [6.07, 6.45) is -4.51. The number of fused-ring (bicyclic) bond motifs is 4. The predicted molar refractivity (Wildman–Crippen MR) is 420 cm³/mol. The lowest BCUT2D eigenvalue weighted by molar-refractivity contribution is -0.384. The Balaban J connectivity index is 0.000000137. The van der Waals surface area contributed by atoms with Gasteiger partial charge in [0.25, 0.3) is 11.4 Å². The lowest BCUT2D eigenvalue weighted by Crippen LogP contribution is -2.11. The van der Waals surface area contributed by atoms with Crippen molar-refractivity contribution in [2.75, 3.05) is 51.3 Å². The Morgan fingerprint density at radius 3 is 1.18 bits per heavy atom. The van der Waals surface area contributed by atoms with Crippen LogP contribution >= 0.6 is 0 Å². The molecule has 0 spiro atoms. The van der Waals surface area contributed by atoms with E-state index in [1.165, 1.54) is 69.8 Å². The van der Waals surface area contributed by atoms with Crippen LogP contribution in [0.2, 0.25) is 0 Å². The van der Waals surface area contributed by atoms with E-state index in [0.717, 1.165) is 64.3 Å². The Morgan fingerprint density at radius 1 is 0.403 bits per heavy atom. The summed E-state index contributed by atoms with van der Waals surface area (Å²) in [5.74, 6) is -0.0156. The number of aryl methyl sites for hydroxylation is 4. The number of alkyl halides is 7. The Bertz CT molecular complexity index is 6500. The molecule has 0 aliphatic rings. The maximum absolute atomic E-state index is 14.6. The van der Waals surface area contributed by atoms with Crippen molar-refractivity contribution in [2.45, 2.75) is 47.1 Å². The molecule has 43 heteroatoms. The van der Waals surface area contributed by atoms with Crippen LogP contribution in [0.15, 0.2) is 188 Å². The summed E-state index contributed by atoms with van der Waals surface area (Å²) in [6, 6.07) is 46.7. The van der Waals surface area contributed by atoms with E-state index in [-0.39, 0.29) is 75.4 Å². The highest BCUT2D eigenvalue weighted by Crippen LogP contribution is 2.35. The molecule has 0 unspecified atom stereocenters. The van der Waals surface area contributed by atoms with Crippen LogP contribution < -0.4 is 58.4 Å². The molecule has 0 aliphatic carbocycles. The quantitative estimate of drug-likeness (QED) is 0.0212. The van der Waals surface area contributed by atoms with E-state index in [1.807, 2.05) is 66.9 Å². The van der Waals surface area contributed by atoms with Gasteiger partial charge >= 0.3 is 19.4 Å². The Hall–Kier alpha value is -16.1. The van der Waals surface area contributed by atoms with Crippen LogP contribution in [0.4, 0.5) is 125 Å². The van der Waals surface area contributed by atoms with Crippen molar-refractivity contribution in [3.8, 4) is 41.0 Å². The highest BCUT2D eigenvalue weighted by atomic mass is 19.4. The number of benzene rings is 8. The van der Waals surface area contributed by atoms with Crippen molar-refractivity contribution in [1.29, 1.82) is 0 Å². The number of anilines is 12. The van der Waals surface area contributed by atoms with Crippen LogP contribution in [0.3, 0.4) is 0 Å². The number of nitrogens with two attached hydrogens (primary N) is 4. The molecule has 0 fully saturated rings. The number of halogens is 10. The number of hydrogen-bond acceptors (Lipinski definition) is 27. The van der Waals surface area contributed by atoms with E-state index >= 15 is 0 Å². The summed E-state index contributed by atoms with van der Waals surface area (Å²) in [5, 5.41) is 33.7. The fourth-order valence-electron chi connectivity index (χ4n) is 11.9. The van der Waals surface area contributed by atoms with Crippen LogP contribution in [-0.2, 0) is 6.18 Å². The minimum atomic E-state index is -4.51. The first kappa shape index (κ1) is 80.9. The molecule has 0 saturated carbocycles. The second kappa shape index (κ2) is 33.9. The van der Waals surface area contributed by atoms with Gasteiger partial charge in [-0.15, -0.1) is 0 Å². The van der Waals surface area contributed by atoms with Crippen molar-refractivity contribution in [2.24, 2.45) is 0 Å². The number of para-hydroxylation sites is 4. The molecule has 0 atom stereocenters. The molecule has 0 bridgehead atoms. The van der Waals surface area contributed by atoms with Gasteiger partial charge < -0.3 is 58.4 Å². The SMILES string of the molecule is COc1ccc(Nc2nc(-n3c(C)nc4ccc([N+](=O)[O-])cc43)nc(N)c2F)cc1.Cc1nc2ccc([N+](=O)[O-])cc2n1-c1nc(N)c(F)c(Nc2ccc(C(F)(F)F)cc2)n1.Cc1nc2ccccc2n1-c1nc(N)cc(Nc2ccc(OC(F)F)c(F)c2)n1.Cc1nc2ccccc2n1-c1nc(N)cc(Nc2ccc(OC(F)F)cc2)n1. The second-order valence-electron chi connectivity index (χ2n) is 25.1. The first-order valence-electron chi connectivity index (χ1n) is 34.6. The number of nitrogen functional groups attached to an aromatic ring is 4. The van der Waals surface area contributed by atoms with E-state index in [4.69, 9.17) is 27.7 Å². The number of rotatable bonds is 19. The molecular formula is C76H60F10N26O7. The first-order valence-corrected chi connectivity index (χ1v) is 34.6. The predicted octanol–water partition coefficient (Wildman–Crippen LogP) is 16.3. The van der Waals surface area contributed by atoms with Gasteiger partial charge in [0.15, 0.2) is 34.8 Å². The molecule has 12 N–H and O–H groups in total. The minimum absolute atomic E-state index is 0.0328. The molecule has 33 nitrogen and oxygen atoms in total. The average Bonchev–Trinajstić information content (AvgIpc) is 1.61. The molecule has 16 aromatic rings. The second-order valence-corrected chi connectivity index (χ2v) is 25.1. The molecule has 8 aromatic heterocycles. The topological polar surface area (TPSA) is 441 Å². The molecule has 16 rings (SSSR count). The van der Waals surface area contributed by atoms with Crippen LogP contribution in [0, 0.1) is 65.4 Å². The summed E-state index contributed by atoms with van der Waals surface area (Å²) >= 11 is 0. The smallest absolute Gasteiger partial charge is 0.416 e. The molecule has 0 aliphatic heterocycles. The largest absolute Gasteiger partial charge is 0.497 e. The molecule has 0 saturated heterocycles. The van der Waals surface area contributed by atoms with Gasteiger partial charge in [0.05, 0.1) is 66.7 Å². The van der Waals surface area contributed by atoms with Crippen molar-refractivity contribution in [3.63, 3.8) is 0 Å². The zero-order chi connectivity index (χ0) is 84.8. The van der Waals surface area contributed by atoms with Gasteiger partial charge in [0.2, 0.25) is 35.4 Å². The number of imidazole rings is 4. The van der Waals surface area contributed by atoms with Crippen LogP contribution in [0.5, 0.6) is 17.2 Å². The van der Waals surface area contributed by atoms with E-state index < -0.39 is 63.8 Å². The Morgan fingerprint density at radius 2 is 0.773 bits per heavy atom. The van der Waals surface area contributed by atoms with Crippen LogP contribution in [0.1, 0.15) is 28.9 Å². The number of non-ortho nitro benzene ring substituents is 2. The molecule has 606 valence electrons. The summed E-state index contributed by atoms with van der Waals surface area (Å²) in [6.45, 7) is 0.985. The van der Waals surface area contributed by atoms with Crippen LogP contribution in [0.25, 0.3) is 67.9 Å². The number of nitrogens with zero attached hydrogens (tertiary/aromatic N) is 18. The van der Waals surface area contributed by atoms with Crippen molar-refractivity contribution in [3.05, 3.63) is 255 Å². The average molecular weight is 1640 g/mol. The van der Waals surface area contributed by atoms with E-state index in [2.05, 4.69) is 90.5 Å². The summed E-state index contributed by atoms with van der Waals surface area (Å²) in [7, 11) is 1.54. The fraction of sp³-hybridized carbons (Fsp3) is 0.105. The van der Waals surface area contributed by atoms with Crippen molar-refractivity contribution < 1.29 is 68.0 Å². The van der Waals surface area contributed by atoms with E-state index in [0.29, 0.717) is 74.2 Å². The molecule has 8 heterocycles. The van der Waals surface area contributed by atoms with Gasteiger partial charge in [0.1, 0.15) is 58.1 Å². The molecule has 8 aromatic carbocycles. The standard InChI is InChI=1S/C19H13F4N7O2.C19H15F3N6O.C19H16F2N6O.C19H16FN7O3/c1-9-25-13-7-6-12(30(31)32)8-14(13)29(9)18-27-16(24)15(20)17(28-18)26-11-4-2-10(3-5-11)19(21,22)23;1-10-24-13-4-2-3-5-14(13)28(10)19-26-16(23)9-17(27-19)25-11-6-7-15(12(20)8-11)29-18(21)22;1-11-23-14-4-2-3-5-15(14)27(11)19-25-16(22)10-17(26-19)24-12-6-8-13(9-7-12)28-18(20)21;1-10-22-14-8-5-12(27(28)29)9-15(14)26(10)19-24-17(21)16(20)18(25-19)23-11-3-6-13(30-2)7-4-11/h2-8H,1H3,(H3,24,26,27,28);2-9,18H,1H3,(H3,23,25,26,27);2-10,18H,1H3,(H3,22,24,25,26);3-9H,1-2H3,(H3,21,23,24,25). The van der Waals surface area contributed by atoms with E-state index in [9.17, 15) is 64.1 Å². The van der Waals surface area contributed by atoms with Gasteiger partial charge in [-0.3, -0.25) is 38.5 Å². The summed E-state index contributed by atoms with van der Waals surface area (Å²) < 4.78 is 150. The molecule has 0 radical (unpaired) electrons. The zero-order valence-electron chi connectivity index (χ0n) is 62.0. The first-order chi connectivity index (χ1) is 56.8. The van der Waals surface area contributed by atoms with Gasteiger partial charge in [0, 0.05) is 65.2 Å². The third kappa shape index (κ3) is 18.4. The van der Waals surface area contributed by atoms with Gasteiger partial charge in [-0.05, 0) is 149 Å². The number of aromatic nitrogens is 16. The van der Waals surface area contributed by atoms with Crippen molar-refractivity contribution >= 4 is 125 Å². The maximum Gasteiger partial charge on any atom is 0.416 e. The minimum Gasteiger partial charge on any atom is -0.497 e. The van der Waals surface area contributed by atoms with Crippen LogP contribution in [-0.4, -0.2) is 108 Å². The number of methoxy groups -OCH3 is 1. The number of ether oxygens (including phenoxy) is 3. The van der Waals surface area contributed by atoms with Crippen molar-refractivity contribution in [1.82, 2.24) is 78.1 Å². The Kier molecular flexibility index (Phi) is 23.0. The highest BCUT2D eigenvalue weighted by molar-refractivity contribution is 5.83. The molecular weight excluding hydrogens is 1580 g/mol.